The Kier molecular flexibility index (Phi) is 5.03. The van der Waals surface area contributed by atoms with E-state index in [0.29, 0.717) is 0 Å². The van der Waals surface area contributed by atoms with Gasteiger partial charge in [-0.1, -0.05) is 12.1 Å². The minimum absolute atomic E-state index is 0. The second kappa shape index (κ2) is 6.10. The van der Waals surface area contributed by atoms with Crippen LogP contribution in [0.2, 0.25) is 0 Å². The highest BCUT2D eigenvalue weighted by atomic mass is 35.5. The lowest BCUT2D eigenvalue weighted by atomic mass is 10.1. The van der Waals surface area contributed by atoms with Crippen molar-refractivity contribution in [3.63, 3.8) is 0 Å². The van der Waals surface area contributed by atoms with E-state index >= 15 is 0 Å². The van der Waals surface area contributed by atoms with Gasteiger partial charge >= 0.3 is 0 Å². The van der Waals surface area contributed by atoms with Gasteiger partial charge in [0.1, 0.15) is 5.84 Å². The monoisotopic (exact) mass is 267 g/mol. The Morgan fingerprint density at radius 2 is 2.06 bits per heavy atom. The first kappa shape index (κ1) is 14.8. The van der Waals surface area contributed by atoms with Crippen molar-refractivity contribution in [2.75, 3.05) is 38.6 Å². The molecule has 2 rings (SSSR count). The normalized spacial score (nSPS) is 14.2. The van der Waals surface area contributed by atoms with E-state index in [9.17, 15) is 0 Å². The molecule has 18 heavy (non-hydrogen) atoms. The van der Waals surface area contributed by atoms with Gasteiger partial charge < -0.3 is 9.80 Å². The van der Waals surface area contributed by atoms with E-state index in [4.69, 9.17) is 0 Å². The minimum Gasteiger partial charge on any atom is -0.367 e. The third-order valence-electron chi connectivity index (χ3n) is 3.54. The first-order valence-electron chi connectivity index (χ1n) is 6.11. The molecule has 0 saturated heterocycles. The van der Waals surface area contributed by atoms with Crippen molar-refractivity contribution in [1.82, 2.24) is 4.90 Å². The van der Waals surface area contributed by atoms with Crippen molar-refractivity contribution < 1.29 is 0 Å². The highest BCUT2D eigenvalue weighted by Gasteiger charge is 2.15. The van der Waals surface area contributed by atoms with E-state index in [-0.39, 0.29) is 12.4 Å². The lowest BCUT2D eigenvalue weighted by Crippen LogP contribution is -2.34. The number of anilines is 1. The van der Waals surface area contributed by atoms with Gasteiger partial charge in [-0.25, -0.2) is 0 Å². The molecule has 0 bridgehead atoms. The number of aryl methyl sites for hydroxylation is 1. The molecule has 0 unspecified atom stereocenters. The Labute approximate surface area is 116 Å². The van der Waals surface area contributed by atoms with Crippen LogP contribution < -0.4 is 4.90 Å². The van der Waals surface area contributed by atoms with Crippen LogP contribution in [0, 0.1) is 13.8 Å². The number of nitrogens with zero attached hydrogens (tertiary/aromatic N) is 3. The second-order valence-electron chi connectivity index (χ2n) is 4.79. The molecule has 1 aliphatic heterocycles. The maximum atomic E-state index is 4.54. The van der Waals surface area contributed by atoms with Crippen molar-refractivity contribution in [2.24, 2.45) is 4.99 Å². The standard InChI is InChI=1S/C14H21N3.ClH/c1-11-6-5-7-13(12(11)2)17(4)10-14-15-8-9-16(14)3;/h5-7H,8-10H2,1-4H3;1H. The van der Waals surface area contributed by atoms with Gasteiger partial charge in [-0.15, -0.1) is 12.4 Å². The Hall–Kier alpha value is -1.22. The molecule has 0 aliphatic carbocycles. The van der Waals surface area contributed by atoms with E-state index in [1.54, 1.807) is 0 Å². The number of rotatable bonds is 3. The van der Waals surface area contributed by atoms with Crippen LogP contribution in [-0.4, -0.2) is 44.5 Å². The average molecular weight is 268 g/mol. The van der Waals surface area contributed by atoms with Gasteiger partial charge in [0.2, 0.25) is 0 Å². The Bertz CT molecular complexity index is 443. The lowest BCUT2D eigenvalue weighted by molar-refractivity contribution is 0.548. The minimum atomic E-state index is 0. The summed E-state index contributed by atoms with van der Waals surface area (Å²) in [7, 11) is 4.25. The molecule has 1 heterocycles. The van der Waals surface area contributed by atoms with E-state index in [0.717, 1.165) is 19.6 Å². The van der Waals surface area contributed by atoms with E-state index in [1.165, 1.54) is 22.6 Å². The Morgan fingerprint density at radius 1 is 1.33 bits per heavy atom. The second-order valence-corrected chi connectivity index (χ2v) is 4.79. The summed E-state index contributed by atoms with van der Waals surface area (Å²) in [5.41, 5.74) is 4.00. The molecule has 100 valence electrons. The molecule has 0 saturated carbocycles. The van der Waals surface area contributed by atoms with Crippen LogP contribution in [-0.2, 0) is 0 Å². The predicted octanol–water partition coefficient (Wildman–Crippen LogP) is 2.51. The van der Waals surface area contributed by atoms with Gasteiger partial charge in [0.15, 0.2) is 0 Å². The SMILES string of the molecule is Cc1cccc(N(C)CC2=NCCN2C)c1C.Cl. The number of likely N-dealkylation sites (N-methyl/N-ethyl adjacent to an activating group) is 2. The summed E-state index contributed by atoms with van der Waals surface area (Å²) in [6, 6.07) is 6.46. The third-order valence-corrected chi connectivity index (χ3v) is 3.54. The van der Waals surface area contributed by atoms with Crippen LogP contribution in [0.4, 0.5) is 5.69 Å². The van der Waals surface area contributed by atoms with Crippen LogP contribution in [0.15, 0.2) is 23.2 Å². The number of benzene rings is 1. The predicted molar refractivity (Wildman–Crippen MR) is 81.4 cm³/mol. The highest BCUT2D eigenvalue weighted by molar-refractivity contribution is 5.88. The van der Waals surface area contributed by atoms with Gasteiger partial charge in [-0.2, -0.15) is 0 Å². The Morgan fingerprint density at radius 3 is 2.67 bits per heavy atom. The molecule has 1 aromatic rings. The summed E-state index contributed by atoms with van der Waals surface area (Å²) in [5, 5.41) is 0. The van der Waals surface area contributed by atoms with Crippen molar-refractivity contribution in [2.45, 2.75) is 13.8 Å². The molecule has 0 atom stereocenters. The molecular formula is C14H22ClN3. The molecule has 0 radical (unpaired) electrons. The molecule has 4 heteroatoms. The van der Waals surface area contributed by atoms with Crippen molar-refractivity contribution >= 4 is 23.9 Å². The zero-order chi connectivity index (χ0) is 12.4. The van der Waals surface area contributed by atoms with Crippen LogP contribution >= 0.6 is 12.4 Å². The molecule has 1 aromatic carbocycles. The van der Waals surface area contributed by atoms with Crippen LogP contribution in [0.5, 0.6) is 0 Å². The molecular weight excluding hydrogens is 246 g/mol. The maximum absolute atomic E-state index is 4.54. The summed E-state index contributed by atoms with van der Waals surface area (Å²) in [6.07, 6.45) is 0. The van der Waals surface area contributed by atoms with Gasteiger partial charge in [-0.3, -0.25) is 4.99 Å². The van der Waals surface area contributed by atoms with Crippen LogP contribution in [0.25, 0.3) is 0 Å². The largest absolute Gasteiger partial charge is 0.367 e. The van der Waals surface area contributed by atoms with Crippen LogP contribution in [0.1, 0.15) is 11.1 Å². The molecule has 0 aromatic heterocycles. The molecule has 1 aliphatic rings. The van der Waals surface area contributed by atoms with Crippen LogP contribution in [0.3, 0.4) is 0 Å². The summed E-state index contributed by atoms with van der Waals surface area (Å²) < 4.78 is 0. The van der Waals surface area contributed by atoms with Gasteiger partial charge in [0.05, 0.1) is 13.1 Å². The zero-order valence-corrected chi connectivity index (χ0v) is 12.4. The van der Waals surface area contributed by atoms with Gasteiger partial charge in [0.25, 0.3) is 0 Å². The summed E-state index contributed by atoms with van der Waals surface area (Å²) in [6.45, 7) is 7.22. The maximum Gasteiger partial charge on any atom is 0.118 e. The Balaban J connectivity index is 0.00000162. The highest BCUT2D eigenvalue weighted by Crippen LogP contribution is 2.21. The van der Waals surface area contributed by atoms with E-state index < -0.39 is 0 Å². The van der Waals surface area contributed by atoms with Gasteiger partial charge in [-0.05, 0) is 31.0 Å². The average Bonchev–Trinajstić information content (AvgIpc) is 2.68. The number of hydrogen-bond acceptors (Lipinski definition) is 3. The van der Waals surface area contributed by atoms with Crippen molar-refractivity contribution in [3.8, 4) is 0 Å². The molecule has 0 spiro atoms. The summed E-state index contributed by atoms with van der Waals surface area (Å²) in [4.78, 5) is 9.05. The summed E-state index contributed by atoms with van der Waals surface area (Å²) >= 11 is 0. The molecule has 0 fully saturated rings. The lowest BCUT2D eigenvalue weighted by Gasteiger charge is -2.25. The quantitative estimate of drug-likeness (QED) is 0.838. The molecule has 0 N–H and O–H groups in total. The van der Waals surface area contributed by atoms with Crippen molar-refractivity contribution in [1.29, 1.82) is 0 Å². The fourth-order valence-electron chi connectivity index (χ4n) is 2.20. The summed E-state index contributed by atoms with van der Waals surface area (Å²) in [5.74, 6) is 1.19. The van der Waals surface area contributed by atoms with E-state index in [2.05, 4.69) is 60.9 Å². The topological polar surface area (TPSA) is 18.8 Å². The molecule has 0 amide bonds. The number of aliphatic imine (C=N–C) groups is 1. The third kappa shape index (κ3) is 2.96. The smallest absolute Gasteiger partial charge is 0.118 e. The fourth-order valence-corrected chi connectivity index (χ4v) is 2.20. The first-order chi connectivity index (χ1) is 8.09. The molecule has 3 nitrogen and oxygen atoms in total. The fraction of sp³-hybridized carbons (Fsp3) is 0.500. The number of halogens is 1. The number of amidine groups is 1. The zero-order valence-electron chi connectivity index (χ0n) is 11.6. The first-order valence-corrected chi connectivity index (χ1v) is 6.11. The van der Waals surface area contributed by atoms with E-state index in [1.807, 2.05) is 0 Å². The number of hydrogen-bond donors (Lipinski definition) is 0. The van der Waals surface area contributed by atoms with Crippen molar-refractivity contribution in [3.05, 3.63) is 29.3 Å². The van der Waals surface area contributed by atoms with Gasteiger partial charge in [0, 0.05) is 26.3 Å².